The molecule has 0 spiro atoms. The average Bonchev–Trinajstić information content (AvgIpc) is 2.90. The van der Waals surface area contributed by atoms with Crippen molar-refractivity contribution in [2.45, 2.75) is 53.5 Å². The van der Waals surface area contributed by atoms with Gasteiger partial charge in [-0.25, -0.2) is 4.98 Å². The van der Waals surface area contributed by atoms with Gasteiger partial charge in [-0.15, -0.1) is 0 Å². The van der Waals surface area contributed by atoms with E-state index >= 15 is 0 Å². The number of hydrogen-bond donors (Lipinski definition) is 0. The third kappa shape index (κ3) is 4.04. The Kier molecular flexibility index (Phi) is 5.42. The van der Waals surface area contributed by atoms with E-state index in [9.17, 15) is 0 Å². The maximum atomic E-state index is 5.85. The Balaban J connectivity index is 1.54. The van der Waals surface area contributed by atoms with E-state index in [1.54, 1.807) is 0 Å². The molecule has 1 aromatic heterocycles. The number of fused-ring (bicyclic) bond motifs is 1. The molecule has 2 aromatic carbocycles. The molecule has 0 aliphatic rings. The Hall–Kier alpha value is -2.29. The molecular formula is C22H28N2O. The van der Waals surface area contributed by atoms with Gasteiger partial charge in [-0.1, -0.05) is 19.1 Å². The van der Waals surface area contributed by atoms with Gasteiger partial charge in [-0.2, -0.15) is 0 Å². The molecule has 0 aliphatic carbocycles. The molecule has 0 fully saturated rings. The van der Waals surface area contributed by atoms with Gasteiger partial charge in [0.25, 0.3) is 0 Å². The monoisotopic (exact) mass is 336 g/mol. The van der Waals surface area contributed by atoms with Gasteiger partial charge >= 0.3 is 0 Å². The summed E-state index contributed by atoms with van der Waals surface area (Å²) in [5.74, 6) is 2.06. The molecule has 0 unspecified atom stereocenters. The summed E-state index contributed by atoms with van der Waals surface area (Å²) >= 11 is 0. The number of hydrogen-bond acceptors (Lipinski definition) is 2. The largest absolute Gasteiger partial charge is 0.494 e. The predicted octanol–water partition coefficient (Wildman–Crippen LogP) is 5.38. The highest BCUT2D eigenvalue weighted by molar-refractivity contribution is 5.78. The zero-order valence-corrected chi connectivity index (χ0v) is 15.8. The summed E-state index contributed by atoms with van der Waals surface area (Å²) < 4.78 is 8.18. The summed E-state index contributed by atoms with van der Waals surface area (Å²) in [6.07, 6.45) is 3.20. The number of aryl methyl sites for hydroxylation is 5. The van der Waals surface area contributed by atoms with E-state index in [-0.39, 0.29) is 0 Å². The lowest BCUT2D eigenvalue weighted by molar-refractivity contribution is 0.303. The van der Waals surface area contributed by atoms with Gasteiger partial charge in [0, 0.05) is 6.54 Å². The van der Waals surface area contributed by atoms with Crippen molar-refractivity contribution < 1.29 is 4.74 Å². The van der Waals surface area contributed by atoms with Crippen molar-refractivity contribution in [3.8, 4) is 5.75 Å². The van der Waals surface area contributed by atoms with Gasteiger partial charge in [-0.05, 0) is 81.0 Å². The van der Waals surface area contributed by atoms with Gasteiger partial charge in [0.15, 0.2) is 0 Å². The molecule has 25 heavy (non-hydrogen) atoms. The summed E-state index contributed by atoms with van der Waals surface area (Å²) in [5, 5.41) is 0. The van der Waals surface area contributed by atoms with Crippen LogP contribution >= 0.6 is 0 Å². The molecule has 0 atom stereocenters. The van der Waals surface area contributed by atoms with Crippen molar-refractivity contribution in [1.29, 1.82) is 0 Å². The number of nitrogens with zero attached hydrogens (tertiary/aromatic N) is 2. The first-order chi connectivity index (χ1) is 12.1. The number of aromatic nitrogens is 2. The van der Waals surface area contributed by atoms with Crippen LogP contribution in [0.25, 0.3) is 11.0 Å². The standard InChI is InChI=1S/C22H28N2O/c1-5-19-8-10-20(11-9-19)25-13-7-6-12-24-18(4)23-21-14-16(2)17(3)15-22(21)24/h8-11,14-15H,5-7,12-13H2,1-4H3. The third-order valence-corrected chi connectivity index (χ3v) is 4.93. The van der Waals surface area contributed by atoms with Crippen LogP contribution in [0.1, 0.15) is 42.3 Å². The van der Waals surface area contributed by atoms with Gasteiger partial charge in [0.1, 0.15) is 11.6 Å². The van der Waals surface area contributed by atoms with E-state index < -0.39 is 0 Å². The highest BCUT2D eigenvalue weighted by atomic mass is 16.5. The van der Waals surface area contributed by atoms with Crippen LogP contribution < -0.4 is 4.74 Å². The number of rotatable bonds is 7. The van der Waals surface area contributed by atoms with Gasteiger partial charge in [0.2, 0.25) is 0 Å². The highest BCUT2D eigenvalue weighted by Crippen LogP contribution is 2.21. The molecule has 0 amide bonds. The van der Waals surface area contributed by atoms with Crippen molar-refractivity contribution in [3.05, 3.63) is 58.9 Å². The topological polar surface area (TPSA) is 27.1 Å². The van der Waals surface area contributed by atoms with Crippen molar-refractivity contribution >= 4 is 11.0 Å². The van der Waals surface area contributed by atoms with E-state index in [0.717, 1.165) is 49.5 Å². The number of benzene rings is 2. The molecule has 0 bridgehead atoms. The minimum Gasteiger partial charge on any atom is -0.494 e. The van der Waals surface area contributed by atoms with Gasteiger partial charge in [-0.3, -0.25) is 0 Å². The van der Waals surface area contributed by atoms with Crippen LogP contribution in [0.4, 0.5) is 0 Å². The Bertz CT molecular complexity index is 847. The highest BCUT2D eigenvalue weighted by Gasteiger charge is 2.08. The zero-order valence-electron chi connectivity index (χ0n) is 15.8. The van der Waals surface area contributed by atoms with Gasteiger partial charge in [0.05, 0.1) is 17.6 Å². The first kappa shape index (κ1) is 17.5. The van der Waals surface area contributed by atoms with E-state index in [2.05, 4.69) is 68.7 Å². The van der Waals surface area contributed by atoms with Crippen LogP contribution in [0.2, 0.25) is 0 Å². The lowest BCUT2D eigenvalue weighted by Gasteiger charge is -2.09. The number of imidazole rings is 1. The molecule has 132 valence electrons. The maximum absolute atomic E-state index is 5.85. The number of ether oxygens (including phenoxy) is 1. The Morgan fingerprint density at radius 3 is 2.40 bits per heavy atom. The van der Waals surface area contributed by atoms with Crippen LogP contribution in [-0.4, -0.2) is 16.2 Å². The fourth-order valence-electron chi connectivity index (χ4n) is 3.17. The first-order valence-corrected chi connectivity index (χ1v) is 9.24. The van der Waals surface area contributed by atoms with Crippen LogP contribution in [0.5, 0.6) is 5.75 Å². The van der Waals surface area contributed by atoms with Crippen molar-refractivity contribution in [1.82, 2.24) is 9.55 Å². The summed E-state index contributed by atoms with van der Waals surface area (Å²) in [6.45, 7) is 10.3. The molecule has 3 heteroatoms. The average molecular weight is 336 g/mol. The predicted molar refractivity (Wildman–Crippen MR) is 104 cm³/mol. The normalized spacial score (nSPS) is 11.2. The third-order valence-electron chi connectivity index (χ3n) is 4.93. The summed E-state index contributed by atoms with van der Waals surface area (Å²) in [4.78, 5) is 4.71. The second-order valence-corrected chi connectivity index (χ2v) is 6.79. The SMILES string of the molecule is CCc1ccc(OCCCCn2c(C)nc3cc(C)c(C)cc32)cc1. The molecule has 0 saturated heterocycles. The minimum absolute atomic E-state index is 0.759. The Labute approximate surface area is 150 Å². The van der Waals surface area contributed by atoms with E-state index in [1.807, 2.05) is 0 Å². The molecule has 3 rings (SSSR count). The smallest absolute Gasteiger partial charge is 0.119 e. The molecule has 1 heterocycles. The van der Waals surface area contributed by atoms with Crippen molar-refractivity contribution in [2.24, 2.45) is 0 Å². The molecule has 3 aromatic rings. The van der Waals surface area contributed by atoms with E-state index in [4.69, 9.17) is 9.72 Å². The second kappa shape index (κ2) is 7.73. The minimum atomic E-state index is 0.759. The fraction of sp³-hybridized carbons (Fsp3) is 0.409. The molecule has 3 nitrogen and oxygen atoms in total. The summed E-state index contributed by atoms with van der Waals surface area (Å²) in [5.41, 5.74) is 6.33. The van der Waals surface area contributed by atoms with E-state index in [0.29, 0.717) is 0 Å². The molecule has 0 aliphatic heterocycles. The van der Waals surface area contributed by atoms with Crippen molar-refractivity contribution in [2.75, 3.05) is 6.61 Å². The Morgan fingerprint density at radius 2 is 1.68 bits per heavy atom. The lowest BCUT2D eigenvalue weighted by atomic mass is 10.1. The summed E-state index contributed by atoms with van der Waals surface area (Å²) in [7, 11) is 0. The maximum Gasteiger partial charge on any atom is 0.119 e. The zero-order chi connectivity index (χ0) is 17.8. The van der Waals surface area contributed by atoms with Crippen LogP contribution in [0.3, 0.4) is 0 Å². The molecular weight excluding hydrogens is 308 g/mol. The van der Waals surface area contributed by atoms with Crippen LogP contribution in [-0.2, 0) is 13.0 Å². The van der Waals surface area contributed by atoms with Crippen LogP contribution in [0, 0.1) is 20.8 Å². The molecule has 0 radical (unpaired) electrons. The lowest BCUT2D eigenvalue weighted by Crippen LogP contribution is -2.04. The van der Waals surface area contributed by atoms with E-state index in [1.165, 1.54) is 22.2 Å². The fourth-order valence-corrected chi connectivity index (χ4v) is 3.17. The van der Waals surface area contributed by atoms with Crippen molar-refractivity contribution in [3.63, 3.8) is 0 Å². The molecule has 0 saturated carbocycles. The first-order valence-electron chi connectivity index (χ1n) is 9.24. The molecule has 0 N–H and O–H groups in total. The quantitative estimate of drug-likeness (QED) is 0.541. The van der Waals surface area contributed by atoms with Gasteiger partial charge < -0.3 is 9.30 Å². The summed E-state index contributed by atoms with van der Waals surface area (Å²) in [6, 6.07) is 12.9. The Morgan fingerprint density at radius 1 is 0.960 bits per heavy atom. The number of unbranched alkanes of at least 4 members (excludes halogenated alkanes) is 1. The second-order valence-electron chi connectivity index (χ2n) is 6.79. The van der Waals surface area contributed by atoms with Crippen LogP contribution in [0.15, 0.2) is 36.4 Å².